The summed E-state index contributed by atoms with van der Waals surface area (Å²) in [5, 5.41) is 12.7. The molecule has 3 nitrogen and oxygen atoms in total. The Hall–Kier alpha value is -0.870. The molecular formula is C11H18N2OS. The van der Waals surface area contributed by atoms with Crippen LogP contribution in [0.3, 0.4) is 0 Å². The summed E-state index contributed by atoms with van der Waals surface area (Å²) < 4.78 is 0. The average Bonchev–Trinajstić information content (AvgIpc) is 2.19. The number of hydrogen-bond donors (Lipinski definition) is 3. The molecule has 0 aliphatic heterocycles. The van der Waals surface area contributed by atoms with Gasteiger partial charge < -0.3 is 16.2 Å². The fraction of sp³-hybridized carbons (Fsp3) is 0.455. The SMILES string of the molecule is CSC(CO)C(C)Nc1cccc(N)c1. The minimum absolute atomic E-state index is 0.178. The topological polar surface area (TPSA) is 58.3 Å². The Kier molecular flexibility index (Phi) is 4.78. The zero-order valence-electron chi connectivity index (χ0n) is 9.10. The van der Waals surface area contributed by atoms with Crippen LogP contribution in [0.5, 0.6) is 0 Å². The summed E-state index contributed by atoms with van der Waals surface area (Å²) in [6.07, 6.45) is 2.00. The maximum Gasteiger partial charge on any atom is 0.0569 e. The number of nitrogens with two attached hydrogens (primary N) is 1. The van der Waals surface area contributed by atoms with E-state index in [0.717, 1.165) is 11.4 Å². The van der Waals surface area contributed by atoms with Gasteiger partial charge in [-0.3, -0.25) is 0 Å². The van der Waals surface area contributed by atoms with Crippen molar-refractivity contribution in [2.45, 2.75) is 18.2 Å². The molecule has 0 amide bonds. The van der Waals surface area contributed by atoms with Gasteiger partial charge in [-0.1, -0.05) is 6.07 Å². The number of aliphatic hydroxyl groups excluding tert-OH is 1. The van der Waals surface area contributed by atoms with Gasteiger partial charge >= 0.3 is 0 Å². The highest BCUT2D eigenvalue weighted by Crippen LogP contribution is 2.17. The molecular weight excluding hydrogens is 208 g/mol. The molecule has 1 aromatic carbocycles. The zero-order valence-corrected chi connectivity index (χ0v) is 9.92. The van der Waals surface area contributed by atoms with Gasteiger partial charge in [0, 0.05) is 22.7 Å². The van der Waals surface area contributed by atoms with Crippen LogP contribution in [-0.2, 0) is 0 Å². The van der Waals surface area contributed by atoms with Gasteiger partial charge in [0.2, 0.25) is 0 Å². The molecule has 84 valence electrons. The lowest BCUT2D eigenvalue weighted by atomic mass is 10.2. The lowest BCUT2D eigenvalue weighted by Gasteiger charge is -2.22. The summed E-state index contributed by atoms with van der Waals surface area (Å²) in [5.41, 5.74) is 7.42. The van der Waals surface area contributed by atoms with E-state index in [1.54, 1.807) is 11.8 Å². The highest BCUT2D eigenvalue weighted by molar-refractivity contribution is 7.99. The number of benzene rings is 1. The standard InChI is InChI=1S/C11H18N2OS/c1-8(11(7-14)15-2)13-10-5-3-4-9(12)6-10/h3-6,8,11,13-14H,7,12H2,1-2H3. The molecule has 15 heavy (non-hydrogen) atoms. The van der Waals surface area contributed by atoms with Crippen LogP contribution in [0.15, 0.2) is 24.3 Å². The summed E-state index contributed by atoms with van der Waals surface area (Å²) in [5.74, 6) is 0. The van der Waals surface area contributed by atoms with E-state index in [1.165, 1.54) is 0 Å². The van der Waals surface area contributed by atoms with E-state index < -0.39 is 0 Å². The molecule has 1 rings (SSSR count). The number of nitrogens with one attached hydrogen (secondary N) is 1. The van der Waals surface area contributed by atoms with Crippen molar-refractivity contribution in [3.05, 3.63) is 24.3 Å². The fourth-order valence-electron chi connectivity index (χ4n) is 1.42. The van der Waals surface area contributed by atoms with Crippen molar-refractivity contribution < 1.29 is 5.11 Å². The largest absolute Gasteiger partial charge is 0.399 e. The van der Waals surface area contributed by atoms with Crippen molar-refractivity contribution in [1.82, 2.24) is 0 Å². The van der Waals surface area contributed by atoms with Gasteiger partial charge in [-0.25, -0.2) is 0 Å². The maximum atomic E-state index is 9.14. The van der Waals surface area contributed by atoms with E-state index in [9.17, 15) is 0 Å². The van der Waals surface area contributed by atoms with Crippen LogP contribution in [0, 0.1) is 0 Å². The Balaban J connectivity index is 2.61. The van der Waals surface area contributed by atoms with Gasteiger partial charge in [-0.15, -0.1) is 0 Å². The number of nitrogen functional groups attached to an aromatic ring is 1. The molecule has 1 aromatic rings. The molecule has 2 atom stereocenters. The molecule has 0 saturated heterocycles. The molecule has 4 N–H and O–H groups in total. The maximum absolute atomic E-state index is 9.14. The Morgan fingerprint density at radius 3 is 2.80 bits per heavy atom. The third-order valence-corrected chi connectivity index (χ3v) is 3.48. The molecule has 0 bridgehead atoms. The minimum atomic E-state index is 0.178. The molecule has 0 saturated carbocycles. The van der Waals surface area contributed by atoms with Crippen LogP contribution in [0.2, 0.25) is 0 Å². The van der Waals surface area contributed by atoms with Crippen molar-refractivity contribution in [3.8, 4) is 0 Å². The van der Waals surface area contributed by atoms with Gasteiger partial charge in [0.1, 0.15) is 0 Å². The van der Waals surface area contributed by atoms with E-state index >= 15 is 0 Å². The van der Waals surface area contributed by atoms with Crippen LogP contribution >= 0.6 is 11.8 Å². The molecule has 0 aliphatic carbocycles. The molecule has 4 heteroatoms. The Morgan fingerprint density at radius 1 is 1.53 bits per heavy atom. The lowest BCUT2D eigenvalue weighted by Crippen LogP contribution is -2.30. The van der Waals surface area contributed by atoms with Crippen LogP contribution in [-0.4, -0.2) is 29.3 Å². The second-order valence-corrected chi connectivity index (χ2v) is 4.59. The van der Waals surface area contributed by atoms with E-state index in [4.69, 9.17) is 10.8 Å². The molecule has 2 unspecified atom stereocenters. The van der Waals surface area contributed by atoms with Gasteiger partial charge in [0.25, 0.3) is 0 Å². The minimum Gasteiger partial charge on any atom is -0.399 e. The quantitative estimate of drug-likeness (QED) is 0.670. The first kappa shape index (κ1) is 12.2. The van der Waals surface area contributed by atoms with Crippen LogP contribution < -0.4 is 11.1 Å². The highest BCUT2D eigenvalue weighted by atomic mass is 32.2. The Morgan fingerprint density at radius 2 is 2.27 bits per heavy atom. The first-order valence-electron chi connectivity index (χ1n) is 4.93. The lowest BCUT2D eigenvalue weighted by molar-refractivity contribution is 0.288. The van der Waals surface area contributed by atoms with Crippen molar-refractivity contribution >= 4 is 23.1 Å². The Bertz CT molecular complexity index is 302. The second kappa shape index (κ2) is 5.88. The number of aliphatic hydroxyl groups is 1. The van der Waals surface area contributed by atoms with Crippen molar-refractivity contribution in [2.24, 2.45) is 0 Å². The number of anilines is 2. The first-order chi connectivity index (χ1) is 7.17. The smallest absolute Gasteiger partial charge is 0.0569 e. The predicted molar refractivity (Wildman–Crippen MR) is 68.3 cm³/mol. The van der Waals surface area contributed by atoms with Crippen LogP contribution in [0.25, 0.3) is 0 Å². The van der Waals surface area contributed by atoms with Crippen LogP contribution in [0.1, 0.15) is 6.92 Å². The van der Waals surface area contributed by atoms with E-state index in [-0.39, 0.29) is 17.9 Å². The zero-order chi connectivity index (χ0) is 11.3. The highest BCUT2D eigenvalue weighted by Gasteiger charge is 2.14. The van der Waals surface area contributed by atoms with Crippen molar-refractivity contribution in [3.63, 3.8) is 0 Å². The molecule has 0 heterocycles. The molecule has 0 spiro atoms. The van der Waals surface area contributed by atoms with Gasteiger partial charge in [-0.2, -0.15) is 11.8 Å². The summed E-state index contributed by atoms with van der Waals surface area (Å²) in [6.45, 7) is 2.23. The fourth-order valence-corrected chi connectivity index (χ4v) is 2.05. The average molecular weight is 226 g/mol. The van der Waals surface area contributed by atoms with E-state index in [1.807, 2.05) is 30.5 Å². The molecule has 0 fully saturated rings. The van der Waals surface area contributed by atoms with Gasteiger partial charge in [0.05, 0.1) is 6.61 Å². The molecule has 0 aliphatic rings. The molecule has 0 aromatic heterocycles. The number of thioether (sulfide) groups is 1. The third kappa shape index (κ3) is 3.64. The first-order valence-corrected chi connectivity index (χ1v) is 6.22. The number of hydrogen-bond acceptors (Lipinski definition) is 4. The molecule has 0 radical (unpaired) electrons. The third-order valence-electron chi connectivity index (χ3n) is 2.32. The monoisotopic (exact) mass is 226 g/mol. The van der Waals surface area contributed by atoms with Gasteiger partial charge in [-0.05, 0) is 31.4 Å². The van der Waals surface area contributed by atoms with Crippen molar-refractivity contribution in [2.75, 3.05) is 23.9 Å². The summed E-state index contributed by atoms with van der Waals surface area (Å²) >= 11 is 1.66. The van der Waals surface area contributed by atoms with Crippen molar-refractivity contribution in [1.29, 1.82) is 0 Å². The second-order valence-electron chi connectivity index (χ2n) is 3.52. The van der Waals surface area contributed by atoms with E-state index in [2.05, 4.69) is 12.2 Å². The summed E-state index contributed by atoms with van der Waals surface area (Å²) in [7, 11) is 0. The van der Waals surface area contributed by atoms with Gasteiger partial charge in [0.15, 0.2) is 0 Å². The summed E-state index contributed by atoms with van der Waals surface area (Å²) in [6, 6.07) is 7.85. The number of rotatable bonds is 5. The predicted octanol–water partition coefficient (Wildman–Crippen LogP) is 1.79. The Labute approximate surface area is 95.1 Å². The van der Waals surface area contributed by atoms with Crippen LogP contribution in [0.4, 0.5) is 11.4 Å². The normalized spacial score (nSPS) is 14.6. The van der Waals surface area contributed by atoms with E-state index in [0.29, 0.717) is 0 Å². The summed E-state index contributed by atoms with van der Waals surface area (Å²) in [4.78, 5) is 0.